The Bertz CT molecular complexity index is 3730. The molecule has 3 aromatic heterocycles. The number of rotatable bonds is 7. The van der Waals surface area contributed by atoms with Gasteiger partial charge in [0.2, 0.25) is 0 Å². The summed E-state index contributed by atoms with van der Waals surface area (Å²) in [5.41, 5.74) is 5.54. The standard InChI is InChI=1S/C62H62N2O2/c1-37-26-56(63-35-39(37)3)45-28-51(42-14-10-9-11-15-42)41(5)58(29-45)65-47-30-54-53-27-44-19-18-43-16-12-13-17-49(43)52(44)33-59(53)66-60(54)55(31-47)57-32-50(40(4)36-64-57)48-22-25-62(8,34-38(48)2)46-20-23-61(6,7)24-21-46/h9-19,26-33,35-36,38,46,48H,20-25,34H2,1-8H3/i1D3,3D3,5D3,46D. The number of nitrogens with zero attached hydrogens (tertiary/aromatic N) is 2. The van der Waals surface area contributed by atoms with Gasteiger partial charge in [0, 0.05) is 48.0 Å². The van der Waals surface area contributed by atoms with Gasteiger partial charge in [0.25, 0.3) is 0 Å². The van der Waals surface area contributed by atoms with E-state index < -0.39 is 32.0 Å². The van der Waals surface area contributed by atoms with Crippen LogP contribution in [0.3, 0.4) is 0 Å². The first-order chi connectivity index (χ1) is 35.8. The van der Waals surface area contributed by atoms with Gasteiger partial charge in [-0.2, -0.15) is 0 Å². The molecule has 3 unspecified atom stereocenters. The second kappa shape index (κ2) is 16.3. The summed E-state index contributed by atoms with van der Waals surface area (Å²) in [4.78, 5) is 9.60. The number of hydrogen-bond acceptors (Lipinski definition) is 4. The number of ether oxygens (including phenoxy) is 1. The van der Waals surface area contributed by atoms with Crippen molar-refractivity contribution in [2.45, 2.75) is 106 Å². The van der Waals surface area contributed by atoms with Gasteiger partial charge < -0.3 is 9.15 Å². The van der Waals surface area contributed by atoms with Crippen LogP contribution in [-0.2, 0) is 0 Å². The molecule has 3 heterocycles. The Hall–Kier alpha value is -6.26. The third-order valence-corrected chi connectivity index (χ3v) is 15.4. The van der Waals surface area contributed by atoms with E-state index in [1.165, 1.54) is 11.6 Å². The van der Waals surface area contributed by atoms with Crippen LogP contribution in [0.15, 0.2) is 132 Å². The summed E-state index contributed by atoms with van der Waals surface area (Å²) < 4.78 is 100. The minimum Gasteiger partial charge on any atom is -0.457 e. The molecule has 2 aliphatic rings. The van der Waals surface area contributed by atoms with Crippen LogP contribution in [0.25, 0.3) is 77.1 Å². The molecule has 66 heavy (non-hydrogen) atoms. The molecule has 332 valence electrons. The monoisotopic (exact) mass is 877 g/mol. The Morgan fingerprint density at radius 3 is 2.23 bits per heavy atom. The highest BCUT2D eigenvalue weighted by Gasteiger charge is 2.44. The van der Waals surface area contributed by atoms with Gasteiger partial charge in [-0.1, -0.05) is 94.4 Å². The lowest BCUT2D eigenvalue weighted by Crippen LogP contribution is -2.38. The van der Waals surface area contributed by atoms with Crippen molar-refractivity contribution in [1.29, 1.82) is 0 Å². The molecule has 0 amide bonds. The number of fused-ring (bicyclic) bond motifs is 6. The van der Waals surface area contributed by atoms with E-state index in [1.807, 2.05) is 36.5 Å². The maximum Gasteiger partial charge on any atom is 0.145 e. The molecule has 3 atom stereocenters. The zero-order valence-corrected chi connectivity index (χ0v) is 38.4. The molecule has 2 saturated carbocycles. The van der Waals surface area contributed by atoms with Crippen molar-refractivity contribution >= 4 is 43.5 Å². The summed E-state index contributed by atoms with van der Waals surface area (Å²) in [7, 11) is 0. The average Bonchev–Trinajstić information content (AvgIpc) is 3.73. The van der Waals surface area contributed by atoms with Gasteiger partial charge in [0.15, 0.2) is 0 Å². The van der Waals surface area contributed by atoms with Gasteiger partial charge in [0.05, 0.1) is 11.4 Å². The molecule has 0 spiro atoms. The van der Waals surface area contributed by atoms with Gasteiger partial charge in [-0.25, -0.2) is 0 Å². The Labute approximate surface area is 404 Å². The third-order valence-electron chi connectivity index (χ3n) is 15.4. The molecule has 11 rings (SSSR count). The summed E-state index contributed by atoms with van der Waals surface area (Å²) in [6.07, 6.45) is 9.90. The van der Waals surface area contributed by atoms with E-state index in [0.29, 0.717) is 50.8 Å². The molecular formula is C62H62N2O2. The molecule has 4 nitrogen and oxygen atoms in total. The average molecular weight is 877 g/mol. The molecule has 9 aromatic rings. The smallest absolute Gasteiger partial charge is 0.145 e. The Morgan fingerprint density at radius 2 is 1.42 bits per heavy atom. The predicted octanol–water partition coefficient (Wildman–Crippen LogP) is 17.8. The molecule has 0 aliphatic heterocycles. The highest BCUT2D eigenvalue weighted by Crippen LogP contribution is 2.56. The lowest BCUT2D eigenvalue weighted by atomic mass is 9.56. The number of benzene rings is 6. The van der Waals surface area contributed by atoms with E-state index >= 15 is 0 Å². The van der Waals surface area contributed by atoms with Crippen LogP contribution in [0.4, 0.5) is 0 Å². The van der Waals surface area contributed by atoms with Gasteiger partial charge in [-0.05, 0) is 210 Å². The normalized spacial score (nSPS) is 23.4. The molecule has 0 bridgehead atoms. The van der Waals surface area contributed by atoms with E-state index in [4.69, 9.17) is 26.5 Å². The van der Waals surface area contributed by atoms with Crippen molar-refractivity contribution in [2.24, 2.45) is 22.6 Å². The number of hydrogen-bond donors (Lipinski definition) is 0. The van der Waals surface area contributed by atoms with E-state index in [-0.39, 0.29) is 39.3 Å². The Kier molecular flexibility index (Phi) is 7.99. The minimum atomic E-state index is -2.80. The quantitative estimate of drug-likeness (QED) is 0.150. The van der Waals surface area contributed by atoms with Gasteiger partial charge in [-0.15, -0.1) is 0 Å². The molecule has 6 aromatic carbocycles. The number of aryl methyl sites for hydroxylation is 3. The molecule has 2 aliphatic carbocycles. The fourth-order valence-corrected chi connectivity index (χ4v) is 11.4. The second-order valence-corrected chi connectivity index (χ2v) is 20.4. The SMILES string of the molecule is [2H]C([2H])([2H])c1cnc(-c2cc(Oc3cc(-c4cc(C5CCC(C)(C6([2H])CCC(C)(C)CC6)CC5C)c(C)cn4)c4oc5cc6c(ccc7ccccc76)cc5c4c3)c(C([2H])([2H])[2H])c(-c3ccccc3)c2)cc1C([2H])([2H])[2H]. The zero-order valence-electron chi connectivity index (χ0n) is 48.4. The Morgan fingerprint density at radius 1 is 0.652 bits per heavy atom. The largest absolute Gasteiger partial charge is 0.457 e. The van der Waals surface area contributed by atoms with Gasteiger partial charge >= 0.3 is 0 Å². The topological polar surface area (TPSA) is 48.2 Å². The predicted molar refractivity (Wildman–Crippen MR) is 276 cm³/mol. The molecule has 0 radical (unpaired) electrons. The van der Waals surface area contributed by atoms with Crippen molar-refractivity contribution in [1.82, 2.24) is 9.97 Å². The summed E-state index contributed by atoms with van der Waals surface area (Å²) in [6, 6.07) is 36.0. The summed E-state index contributed by atoms with van der Waals surface area (Å²) in [5.74, 6) is 0.382. The molecular weight excluding hydrogens is 805 g/mol. The summed E-state index contributed by atoms with van der Waals surface area (Å²) in [6.45, 7) is 3.24. The maximum absolute atomic E-state index is 9.86. The first-order valence-electron chi connectivity index (χ1n) is 28.5. The zero-order chi connectivity index (χ0) is 53.9. The van der Waals surface area contributed by atoms with Gasteiger partial charge in [0.1, 0.15) is 22.7 Å². The highest BCUT2D eigenvalue weighted by atomic mass is 16.5. The second-order valence-electron chi connectivity index (χ2n) is 20.4. The van der Waals surface area contributed by atoms with Crippen molar-refractivity contribution in [3.05, 3.63) is 155 Å². The minimum absolute atomic E-state index is 0.0196. The Balaban J connectivity index is 1.09. The van der Waals surface area contributed by atoms with Crippen LogP contribution in [0, 0.1) is 50.1 Å². The van der Waals surface area contributed by atoms with E-state index in [9.17, 15) is 1.37 Å². The van der Waals surface area contributed by atoms with Crippen molar-refractivity contribution < 1.29 is 22.9 Å². The molecule has 0 saturated heterocycles. The molecule has 0 N–H and O–H groups in total. The fraction of sp³-hybridized carbons (Fsp3) is 0.323. The molecule has 2 fully saturated rings. The number of furan rings is 1. The third kappa shape index (κ3) is 7.57. The fourth-order valence-electron chi connectivity index (χ4n) is 11.4. The lowest BCUT2D eigenvalue weighted by Gasteiger charge is -2.49. The number of aromatic nitrogens is 2. The lowest BCUT2D eigenvalue weighted by molar-refractivity contribution is 0.0289. The number of pyridine rings is 2. The van der Waals surface area contributed by atoms with Crippen molar-refractivity contribution in [3.8, 4) is 45.1 Å². The van der Waals surface area contributed by atoms with E-state index in [2.05, 4.69) is 82.1 Å². The van der Waals surface area contributed by atoms with Crippen LogP contribution in [0.2, 0.25) is 0 Å². The van der Waals surface area contributed by atoms with Crippen LogP contribution in [0.5, 0.6) is 11.5 Å². The first kappa shape index (κ1) is 32.4. The van der Waals surface area contributed by atoms with E-state index in [1.54, 1.807) is 36.4 Å². The van der Waals surface area contributed by atoms with E-state index in [0.717, 1.165) is 89.0 Å². The van der Waals surface area contributed by atoms with Gasteiger partial charge in [-0.3, -0.25) is 9.97 Å². The molecule has 4 heteroatoms. The summed E-state index contributed by atoms with van der Waals surface area (Å²) >= 11 is 0. The van der Waals surface area contributed by atoms with Crippen molar-refractivity contribution in [3.63, 3.8) is 0 Å². The maximum atomic E-state index is 9.86. The van der Waals surface area contributed by atoms with Crippen molar-refractivity contribution in [2.75, 3.05) is 0 Å². The van der Waals surface area contributed by atoms with Crippen LogP contribution in [-0.4, -0.2) is 9.97 Å². The van der Waals surface area contributed by atoms with Crippen LogP contribution >= 0.6 is 0 Å². The highest BCUT2D eigenvalue weighted by molar-refractivity contribution is 6.17. The first-order valence-corrected chi connectivity index (χ1v) is 23.5. The van der Waals surface area contributed by atoms with Crippen LogP contribution < -0.4 is 4.74 Å². The summed E-state index contributed by atoms with van der Waals surface area (Å²) in [5, 5.41) is 5.82. The van der Waals surface area contributed by atoms with Crippen LogP contribution in [0.1, 0.15) is 120 Å².